The van der Waals surface area contributed by atoms with Gasteiger partial charge in [0.2, 0.25) is 0 Å². The van der Waals surface area contributed by atoms with E-state index in [4.69, 9.17) is 16.6 Å². The van der Waals surface area contributed by atoms with E-state index in [-0.39, 0.29) is 0 Å². The molecule has 2 rings (SSSR count). The van der Waals surface area contributed by atoms with Crippen molar-refractivity contribution in [2.45, 2.75) is 32.7 Å². The lowest BCUT2D eigenvalue weighted by atomic mass is 10.3. The number of rotatable bonds is 6. The van der Waals surface area contributed by atoms with E-state index in [2.05, 4.69) is 42.5 Å². The van der Waals surface area contributed by atoms with Crippen molar-refractivity contribution < 1.29 is 0 Å². The standard InChI is InChI=1S/C14H24ClN5/c1-6-11-13-14(19(5)17-11)20(10(2)9-18(3)4)12(16-13)7-8-15/h10H,6-9H2,1-5H3. The molecule has 0 aliphatic rings. The van der Waals surface area contributed by atoms with Gasteiger partial charge in [-0.3, -0.25) is 4.68 Å². The Kier molecular flexibility index (Phi) is 4.70. The van der Waals surface area contributed by atoms with Crippen molar-refractivity contribution >= 4 is 22.8 Å². The minimum atomic E-state index is 0.341. The monoisotopic (exact) mass is 297 g/mol. The molecule has 0 spiro atoms. The van der Waals surface area contributed by atoms with Crippen LogP contribution in [-0.4, -0.2) is 50.8 Å². The summed E-state index contributed by atoms with van der Waals surface area (Å²) in [5.41, 5.74) is 3.20. The van der Waals surface area contributed by atoms with Crippen molar-refractivity contribution in [3.8, 4) is 0 Å². The molecule has 0 bridgehead atoms. The third-order valence-corrected chi connectivity index (χ3v) is 3.72. The fourth-order valence-corrected chi connectivity index (χ4v) is 2.99. The topological polar surface area (TPSA) is 38.9 Å². The summed E-state index contributed by atoms with van der Waals surface area (Å²) in [6.45, 7) is 5.30. The average molecular weight is 298 g/mol. The molecule has 6 heteroatoms. The molecule has 0 fully saturated rings. The van der Waals surface area contributed by atoms with Gasteiger partial charge in [-0.25, -0.2) is 4.98 Å². The highest BCUT2D eigenvalue weighted by atomic mass is 35.5. The molecule has 0 radical (unpaired) electrons. The molecular formula is C14H24ClN5. The molecule has 0 N–H and O–H groups in total. The Morgan fingerprint density at radius 2 is 2.05 bits per heavy atom. The van der Waals surface area contributed by atoms with E-state index in [0.717, 1.165) is 42.1 Å². The molecule has 1 unspecified atom stereocenters. The summed E-state index contributed by atoms with van der Waals surface area (Å²) in [5, 5.41) is 4.58. The van der Waals surface area contributed by atoms with Crippen LogP contribution >= 0.6 is 11.6 Å². The molecule has 5 nitrogen and oxygen atoms in total. The highest BCUT2D eigenvalue weighted by Crippen LogP contribution is 2.24. The Morgan fingerprint density at radius 1 is 1.35 bits per heavy atom. The summed E-state index contributed by atoms with van der Waals surface area (Å²) in [4.78, 5) is 6.99. The molecule has 1 atom stereocenters. The van der Waals surface area contributed by atoms with E-state index in [1.807, 2.05) is 11.7 Å². The Labute approximate surface area is 125 Å². The van der Waals surface area contributed by atoms with Gasteiger partial charge in [0.1, 0.15) is 11.3 Å². The Balaban J connectivity index is 2.58. The Morgan fingerprint density at radius 3 is 2.60 bits per heavy atom. The molecule has 2 heterocycles. The van der Waals surface area contributed by atoms with Crippen LogP contribution in [-0.2, 0) is 19.9 Å². The van der Waals surface area contributed by atoms with E-state index in [1.165, 1.54) is 0 Å². The van der Waals surface area contributed by atoms with E-state index in [9.17, 15) is 0 Å². The second kappa shape index (κ2) is 6.14. The second-order valence-electron chi connectivity index (χ2n) is 5.54. The first-order valence-corrected chi connectivity index (χ1v) is 7.66. The van der Waals surface area contributed by atoms with Crippen LogP contribution < -0.4 is 0 Å². The zero-order chi connectivity index (χ0) is 14.9. The molecule has 0 saturated heterocycles. The van der Waals surface area contributed by atoms with Crippen LogP contribution in [0.25, 0.3) is 11.2 Å². The summed E-state index contributed by atoms with van der Waals surface area (Å²) in [6, 6.07) is 0.341. The van der Waals surface area contributed by atoms with E-state index in [1.54, 1.807) is 0 Å². The van der Waals surface area contributed by atoms with E-state index >= 15 is 0 Å². The number of aromatic nitrogens is 4. The molecule has 0 aromatic carbocycles. The largest absolute Gasteiger partial charge is 0.309 e. The summed E-state index contributed by atoms with van der Waals surface area (Å²) in [5.74, 6) is 1.65. The average Bonchev–Trinajstić information content (AvgIpc) is 2.87. The predicted octanol–water partition coefficient (Wildman–Crippen LogP) is 2.24. The molecular weight excluding hydrogens is 274 g/mol. The van der Waals surface area contributed by atoms with Crippen molar-refractivity contribution in [1.82, 2.24) is 24.2 Å². The van der Waals surface area contributed by atoms with Crippen LogP contribution in [0, 0.1) is 0 Å². The zero-order valence-electron chi connectivity index (χ0n) is 13.0. The van der Waals surface area contributed by atoms with Crippen LogP contribution in [0.2, 0.25) is 0 Å². The minimum absolute atomic E-state index is 0.341. The van der Waals surface area contributed by atoms with Gasteiger partial charge in [-0.1, -0.05) is 6.92 Å². The number of likely N-dealkylation sites (N-methyl/N-ethyl adjacent to an activating group) is 1. The fourth-order valence-electron chi connectivity index (χ4n) is 2.82. The van der Waals surface area contributed by atoms with Gasteiger partial charge in [-0.05, 0) is 27.4 Å². The second-order valence-corrected chi connectivity index (χ2v) is 5.92. The number of aryl methyl sites for hydroxylation is 3. The van der Waals surface area contributed by atoms with Crippen molar-refractivity contribution in [1.29, 1.82) is 0 Å². The predicted molar refractivity (Wildman–Crippen MR) is 83.6 cm³/mol. The minimum Gasteiger partial charge on any atom is -0.309 e. The van der Waals surface area contributed by atoms with Gasteiger partial charge < -0.3 is 9.47 Å². The number of nitrogens with zero attached hydrogens (tertiary/aromatic N) is 5. The number of hydrogen-bond acceptors (Lipinski definition) is 3. The maximum Gasteiger partial charge on any atom is 0.158 e. The number of fused-ring (bicyclic) bond motifs is 1. The molecule has 0 saturated carbocycles. The van der Waals surface area contributed by atoms with Gasteiger partial charge in [0.15, 0.2) is 5.65 Å². The van der Waals surface area contributed by atoms with Crippen LogP contribution in [0.1, 0.15) is 31.4 Å². The number of hydrogen-bond donors (Lipinski definition) is 0. The normalized spacial score (nSPS) is 13.6. The maximum atomic E-state index is 5.94. The quantitative estimate of drug-likeness (QED) is 0.768. The third-order valence-electron chi connectivity index (χ3n) is 3.53. The summed E-state index contributed by atoms with van der Waals surface area (Å²) in [7, 11) is 6.17. The van der Waals surface area contributed by atoms with Gasteiger partial charge in [0.05, 0.1) is 5.69 Å². The number of imidazole rings is 1. The van der Waals surface area contributed by atoms with Crippen LogP contribution in [0.4, 0.5) is 0 Å². The summed E-state index contributed by atoms with van der Waals surface area (Å²) in [6.07, 6.45) is 1.69. The van der Waals surface area contributed by atoms with Crippen LogP contribution in [0.3, 0.4) is 0 Å². The number of halogens is 1. The first-order chi connectivity index (χ1) is 9.49. The van der Waals surface area contributed by atoms with Crippen molar-refractivity contribution in [3.63, 3.8) is 0 Å². The van der Waals surface area contributed by atoms with E-state index in [0.29, 0.717) is 11.9 Å². The smallest absolute Gasteiger partial charge is 0.158 e. The maximum absolute atomic E-state index is 5.94. The molecule has 0 amide bonds. The molecule has 2 aromatic rings. The van der Waals surface area contributed by atoms with Gasteiger partial charge in [0.25, 0.3) is 0 Å². The van der Waals surface area contributed by atoms with Crippen molar-refractivity contribution in [3.05, 3.63) is 11.5 Å². The fraction of sp³-hybridized carbons (Fsp3) is 0.714. The molecule has 20 heavy (non-hydrogen) atoms. The Bertz CT molecular complexity index is 584. The molecule has 112 valence electrons. The first-order valence-electron chi connectivity index (χ1n) is 7.12. The SMILES string of the molecule is CCc1nn(C)c2c1nc(CCCl)n2C(C)CN(C)C. The lowest BCUT2D eigenvalue weighted by molar-refractivity contribution is 0.335. The third kappa shape index (κ3) is 2.69. The molecule has 2 aromatic heterocycles. The molecule has 0 aliphatic heterocycles. The van der Waals surface area contributed by atoms with Crippen LogP contribution in [0.15, 0.2) is 0 Å². The van der Waals surface area contributed by atoms with Crippen molar-refractivity contribution in [2.75, 3.05) is 26.5 Å². The highest BCUT2D eigenvalue weighted by Gasteiger charge is 2.21. The summed E-state index contributed by atoms with van der Waals surface area (Å²) < 4.78 is 4.24. The van der Waals surface area contributed by atoms with Crippen molar-refractivity contribution in [2.24, 2.45) is 7.05 Å². The number of alkyl halides is 1. The van der Waals surface area contributed by atoms with Gasteiger partial charge in [0, 0.05) is 31.9 Å². The first kappa shape index (κ1) is 15.3. The van der Waals surface area contributed by atoms with Crippen LogP contribution in [0.5, 0.6) is 0 Å². The van der Waals surface area contributed by atoms with Gasteiger partial charge in [-0.2, -0.15) is 5.10 Å². The lowest BCUT2D eigenvalue weighted by Crippen LogP contribution is -2.24. The van der Waals surface area contributed by atoms with E-state index < -0.39 is 0 Å². The zero-order valence-corrected chi connectivity index (χ0v) is 13.8. The molecule has 0 aliphatic carbocycles. The summed E-state index contributed by atoms with van der Waals surface area (Å²) >= 11 is 5.94. The van der Waals surface area contributed by atoms with Gasteiger partial charge >= 0.3 is 0 Å². The highest BCUT2D eigenvalue weighted by molar-refractivity contribution is 6.17. The lowest BCUT2D eigenvalue weighted by Gasteiger charge is -2.21. The van der Waals surface area contributed by atoms with Gasteiger partial charge in [-0.15, -0.1) is 11.6 Å². The Hall–Kier alpha value is -1.07.